The summed E-state index contributed by atoms with van der Waals surface area (Å²) in [6, 6.07) is 8.54. The third-order valence-electron chi connectivity index (χ3n) is 3.56. The van der Waals surface area contributed by atoms with Crippen LogP contribution in [0, 0.1) is 11.3 Å². The van der Waals surface area contributed by atoms with Gasteiger partial charge in [0.05, 0.1) is 11.6 Å². The highest BCUT2D eigenvalue weighted by molar-refractivity contribution is 5.54. The van der Waals surface area contributed by atoms with E-state index in [4.69, 9.17) is 5.26 Å². The molecule has 0 N–H and O–H groups in total. The van der Waals surface area contributed by atoms with Gasteiger partial charge >= 0.3 is 0 Å². The average molecular weight is 228 g/mol. The monoisotopic (exact) mass is 228 g/mol. The molecule has 0 spiro atoms. The van der Waals surface area contributed by atoms with Gasteiger partial charge in [0.1, 0.15) is 0 Å². The Hall–Kier alpha value is -1.49. The van der Waals surface area contributed by atoms with Crippen LogP contribution >= 0.6 is 0 Å². The van der Waals surface area contributed by atoms with Crippen molar-refractivity contribution in [2.75, 3.05) is 18.0 Å². The molecule has 0 aromatic heterocycles. The molecule has 2 rings (SSSR count). The predicted octanol–water partition coefficient (Wildman–Crippen LogP) is 3.50. The topological polar surface area (TPSA) is 27.0 Å². The van der Waals surface area contributed by atoms with Crippen molar-refractivity contribution >= 4 is 5.69 Å². The minimum Gasteiger partial charge on any atom is -0.372 e. The number of nitriles is 1. The van der Waals surface area contributed by atoms with Crippen molar-refractivity contribution in [3.8, 4) is 6.07 Å². The number of nitrogens with zero attached hydrogens (tertiary/aromatic N) is 2. The van der Waals surface area contributed by atoms with Crippen LogP contribution in [0.3, 0.4) is 0 Å². The fraction of sp³-hybridized carbons (Fsp3) is 0.533. The molecule has 1 aliphatic rings. The van der Waals surface area contributed by atoms with Gasteiger partial charge in [-0.3, -0.25) is 0 Å². The minimum absolute atomic E-state index is 0.825. The number of benzene rings is 1. The standard InChI is InChI=1S/C15H20N2/c1-2-13-11-15(8-7-14(13)12-16)17-9-5-3-4-6-10-17/h7-8,11H,2-6,9-10H2,1H3. The Bertz CT molecular complexity index is 409. The maximum atomic E-state index is 9.03. The molecule has 17 heavy (non-hydrogen) atoms. The van der Waals surface area contributed by atoms with E-state index in [9.17, 15) is 0 Å². The fourth-order valence-corrected chi connectivity index (χ4v) is 2.51. The summed E-state index contributed by atoms with van der Waals surface area (Å²) in [5, 5.41) is 9.03. The van der Waals surface area contributed by atoms with Gasteiger partial charge in [0.25, 0.3) is 0 Å². The Morgan fingerprint density at radius 1 is 1.18 bits per heavy atom. The quantitative estimate of drug-likeness (QED) is 0.774. The second-order valence-corrected chi connectivity index (χ2v) is 4.71. The van der Waals surface area contributed by atoms with E-state index in [-0.39, 0.29) is 0 Å². The molecule has 0 aliphatic carbocycles. The van der Waals surface area contributed by atoms with Crippen LogP contribution in [-0.4, -0.2) is 13.1 Å². The zero-order valence-electron chi connectivity index (χ0n) is 10.6. The van der Waals surface area contributed by atoms with Crippen LogP contribution < -0.4 is 4.90 Å². The van der Waals surface area contributed by atoms with Crippen molar-refractivity contribution < 1.29 is 0 Å². The first-order chi connectivity index (χ1) is 8.35. The molecule has 1 aromatic rings. The molecule has 0 atom stereocenters. The van der Waals surface area contributed by atoms with Gasteiger partial charge < -0.3 is 4.90 Å². The van der Waals surface area contributed by atoms with Gasteiger partial charge in [-0.2, -0.15) is 5.26 Å². The SMILES string of the molecule is CCc1cc(N2CCCCCC2)ccc1C#N. The van der Waals surface area contributed by atoms with E-state index < -0.39 is 0 Å². The van der Waals surface area contributed by atoms with E-state index >= 15 is 0 Å². The summed E-state index contributed by atoms with van der Waals surface area (Å²) in [7, 11) is 0. The molecule has 0 unspecified atom stereocenters. The van der Waals surface area contributed by atoms with Crippen molar-refractivity contribution in [2.24, 2.45) is 0 Å². The second kappa shape index (κ2) is 5.72. The van der Waals surface area contributed by atoms with E-state index in [0.29, 0.717) is 0 Å². The first-order valence-corrected chi connectivity index (χ1v) is 6.63. The van der Waals surface area contributed by atoms with Gasteiger partial charge in [0.2, 0.25) is 0 Å². The summed E-state index contributed by atoms with van der Waals surface area (Å²) in [5.74, 6) is 0. The molecule has 1 aromatic carbocycles. The van der Waals surface area contributed by atoms with E-state index in [1.54, 1.807) is 0 Å². The number of aryl methyl sites for hydroxylation is 1. The maximum absolute atomic E-state index is 9.03. The van der Waals surface area contributed by atoms with Gasteiger partial charge in [-0.15, -0.1) is 0 Å². The Morgan fingerprint density at radius 3 is 2.47 bits per heavy atom. The van der Waals surface area contributed by atoms with Crippen LogP contribution in [-0.2, 0) is 6.42 Å². The smallest absolute Gasteiger partial charge is 0.0994 e. The Kier molecular flexibility index (Phi) is 4.03. The first-order valence-electron chi connectivity index (χ1n) is 6.63. The third-order valence-corrected chi connectivity index (χ3v) is 3.56. The van der Waals surface area contributed by atoms with Crippen molar-refractivity contribution in [3.05, 3.63) is 29.3 Å². The fourth-order valence-electron chi connectivity index (χ4n) is 2.51. The predicted molar refractivity (Wildman–Crippen MR) is 71.2 cm³/mol. The van der Waals surface area contributed by atoms with E-state index in [1.165, 1.54) is 36.9 Å². The normalized spacial score (nSPS) is 16.4. The van der Waals surface area contributed by atoms with Crippen LogP contribution in [0.15, 0.2) is 18.2 Å². The number of anilines is 1. The van der Waals surface area contributed by atoms with E-state index in [2.05, 4.69) is 30.0 Å². The van der Waals surface area contributed by atoms with Gasteiger partial charge in [0, 0.05) is 18.8 Å². The molecule has 0 bridgehead atoms. The molecule has 0 saturated carbocycles. The number of rotatable bonds is 2. The highest BCUT2D eigenvalue weighted by Crippen LogP contribution is 2.22. The van der Waals surface area contributed by atoms with Crippen molar-refractivity contribution in [1.29, 1.82) is 5.26 Å². The lowest BCUT2D eigenvalue weighted by molar-refractivity contribution is 0.726. The van der Waals surface area contributed by atoms with Crippen molar-refractivity contribution in [2.45, 2.75) is 39.0 Å². The zero-order chi connectivity index (χ0) is 12.1. The number of hydrogen-bond acceptors (Lipinski definition) is 2. The lowest BCUT2D eigenvalue weighted by Gasteiger charge is -2.23. The molecule has 1 heterocycles. The summed E-state index contributed by atoms with van der Waals surface area (Å²) in [4.78, 5) is 2.47. The van der Waals surface area contributed by atoms with Gasteiger partial charge in [0.15, 0.2) is 0 Å². The van der Waals surface area contributed by atoms with Crippen molar-refractivity contribution in [3.63, 3.8) is 0 Å². The van der Waals surface area contributed by atoms with E-state index in [1.807, 2.05) is 6.07 Å². The third kappa shape index (κ3) is 2.79. The van der Waals surface area contributed by atoms with E-state index in [0.717, 1.165) is 25.1 Å². The van der Waals surface area contributed by atoms with Gasteiger partial charge in [-0.05, 0) is 43.0 Å². The summed E-state index contributed by atoms with van der Waals surface area (Å²) in [5.41, 5.74) is 3.29. The molecule has 2 nitrogen and oxygen atoms in total. The molecular weight excluding hydrogens is 208 g/mol. The maximum Gasteiger partial charge on any atom is 0.0994 e. The van der Waals surface area contributed by atoms with Gasteiger partial charge in [-0.1, -0.05) is 19.8 Å². The summed E-state index contributed by atoms with van der Waals surface area (Å²) < 4.78 is 0. The summed E-state index contributed by atoms with van der Waals surface area (Å²) >= 11 is 0. The molecule has 90 valence electrons. The minimum atomic E-state index is 0.825. The van der Waals surface area contributed by atoms with Gasteiger partial charge in [-0.25, -0.2) is 0 Å². The highest BCUT2D eigenvalue weighted by Gasteiger charge is 2.11. The molecular formula is C15H20N2. The summed E-state index contributed by atoms with van der Waals surface area (Å²) in [6.07, 6.45) is 6.23. The Morgan fingerprint density at radius 2 is 1.88 bits per heavy atom. The van der Waals surface area contributed by atoms with Crippen LogP contribution in [0.2, 0.25) is 0 Å². The first kappa shape index (κ1) is 12.0. The lowest BCUT2D eigenvalue weighted by Crippen LogP contribution is -2.23. The highest BCUT2D eigenvalue weighted by atomic mass is 15.1. The van der Waals surface area contributed by atoms with Crippen LogP contribution in [0.5, 0.6) is 0 Å². The molecule has 0 amide bonds. The molecule has 2 heteroatoms. The Balaban J connectivity index is 2.23. The molecule has 1 saturated heterocycles. The lowest BCUT2D eigenvalue weighted by atomic mass is 10.0. The second-order valence-electron chi connectivity index (χ2n) is 4.71. The number of hydrogen-bond donors (Lipinski definition) is 0. The Labute approximate surface area is 104 Å². The molecule has 0 radical (unpaired) electrons. The largest absolute Gasteiger partial charge is 0.372 e. The molecule has 1 aliphatic heterocycles. The average Bonchev–Trinajstić information content (AvgIpc) is 2.66. The van der Waals surface area contributed by atoms with Crippen molar-refractivity contribution in [1.82, 2.24) is 0 Å². The molecule has 1 fully saturated rings. The van der Waals surface area contributed by atoms with Crippen LogP contribution in [0.25, 0.3) is 0 Å². The van der Waals surface area contributed by atoms with Crippen LogP contribution in [0.4, 0.5) is 5.69 Å². The van der Waals surface area contributed by atoms with Crippen LogP contribution in [0.1, 0.15) is 43.7 Å². The zero-order valence-corrected chi connectivity index (χ0v) is 10.6. The summed E-state index contributed by atoms with van der Waals surface area (Å²) in [6.45, 7) is 4.44.